The summed E-state index contributed by atoms with van der Waals surface area (Å²) in [7, 11) is 0. The molecule has 1 saturated heterocycles. The molecule has 1 fully saturated rings. The van der Waals surface area contributed by atoms with Crippen molar-refractivity contribution in [1.29, 1.82) is 0 Å². The van der Waals surface area contributed by atoms with Crippen molar-refractivity contribution in [1.82, 2.24) is 15.1 Å². The van der Waals surface area contributed by atoms with Gasteiger partial charge in [0.1, 0.15) is 0 Å². The Bertz CT molecular complexity index is 519. The van der Waals surface area contributed by atoms with Crippen LogP contribution in [0.2, 0.25) is 0 Å². The van der Waals surface area contributed by atoms with Crippen LogP contribution in [0.5, 0.6) is 0 Å². The van der Waals surface area contributed by atoms with Gasteiger partial charge in [0, 0.05) is 26.2 Å². The van der Waals surface area contributed by atoms with E-state index in [4.69, 9.17) is 4.74 Å². The second-order valence-corrected chi connectivity index (χ2v) is 7.25. The average molecular weight is 355 g/mol. The van der Waals surface area contributed by atoms with Crippen molar-refractivity contribution >= 4 is 34.1 Å². The highest BCUT2D eigenvalue weighted by Gasteiger charge is 2.16. The van der Waals surface area contributed by atoms with E-state index in [9.17, 15) is 4.79 Å². The predicted molar refractivity (Wildman–Crippen MR) is 95.1 cm³/mol. The highest BCUT2D eigenvalue weighted by Crippen LogP contribution is 2.26. The third kappa shape index (κ3) is 5.96. The maximum atomic E-state index is 12.1. The number of nitrogens with zero attached hydrogens (tertiary/aromatic N) is 3. The van der Waals surface area contributed by atoms with Crippen molar-refractivity contribution < 1.29 is 9.53 Å². The number of ether oxygens (including phenoxy) is 1. The fourth-order valence-electron chi connectivity index (χ4n) is 2.15. The molecule has 2 rings (SSSR count). The van der Waals surface area contributed by atoms with Crippen LogP contribution in [-0.2, 0) is 9.53 Å². The number of hydrogen-bond donors (Lipinski definition) is 1. The van der Waals surface area contributed by atoms with Gasteiger partial charge in [-0.05, 0) is 12.8 Å². The average Bonchev–Trinajstić information content (AvgIpc) is 3.22. The lowest BCUT2D eigenvalue weighted by atomic mass is 10.2. The number of carbonyl (C=O) groups is 1. The lowest BCUT2D eigenvalue weighted by Gasteiger charge is -2.18. The molecule has 1 unspecified atom stereocenters. The summed E-state index contributed by atoms with van der Waals surface area (Å²) in [6, 6.07) is 0. The third-order valence-corrected chi connectivity index (χ3v) is 5.28. The summed E-state index contributed by atoms with van der Waals surface area (Å²) in [6.07, 6.45) is 5.90. The lowest BCUT2D eigenvalue weighted by Crippen LogP contribution is -2.32. The molecule has 1 aliphatic heterocycles. The minimum Gasteiger partial charge on any atom is -0.376 e. The maximum Gasteiger partial charge on any atom is 0.233 e. The topological polar surface area (TPSA) is 67.4 Å². The molecule has 1 aromatic rings. The normalized spacial score (nSPS) is 17.0. The van der Waals surface area contributed by atoms with Gasteiger partial charge in [-0.3, -0.25) is 4.79 Å². The van der Waals surface area contributed by atoms with Crippen molar-refractivity contribution in [3.05, 3.63) is 25.3 Å². The van der Waals surface area contributed by atoms with E-state index in [2.05, 4.69) is 28.7 Å². The summed E-state index contributed by atoms with van der Waals surface area (Å²) < 4.78 is 6.34. The van der Waals surface area contributed by atoms with Crippen molar-refractivity contribution in [3.8, 4) is 0 Å². The van der Waals surface area contributed by atoms with Crippen molar-refractivity contribution in [3.63, 3.8) is 0 Å². The monoisotopic (exact) mass is 354 g/mol. The SMILES string of the molecule is C=CCN(CC=C)C(=O)CSc1nnc(NCC2CCCO2)s1. The zero-order chi connectivity index (χ0) is 16.5. The van der Waals surface area contributed by atoms with E-state index < -0.39 is 0 Å². The van der Waals surface area contributed by atoms with Gasteiger partial charge in [-0.25, -0.2) is 0 Å². The van der Waals surface area contributed by atoms with E-state index in [1.807, 2.05) is 0 Å². The van der Waals surface area contributed by atoms with Gasteiger partial charge in [0.05, 0.1) is 11.9 Å². The Balaban J connectivity index is 1.75. The Morgan fingerprint density at radius 3 is 2.87 bits per heavy atom. The highest BCUT2D eigenvalue weighted by molar-refractivity contribution is 8.01. The van der Waals surface area contributed by atoms with E-state index in [0.29, 0.717) is 18.8 Å². The first-order chi connectivity index (χ1) is 11.2. The molecule has 126 valence electrons. The number of anilines is 1. The van der Waals surface area contributed by atoms with Crippen molar-refractivity contribution in [2.45, 2.75) is 23.3 Å². The summed E-state index contributed by atoms with van der Waals surface area (Å²) in [6.45, 7) is 9.98. The lowest BCUT2D eigenvalue weighted by molar-refractivity contribution is -0.127. The Kier molecular flexibility index (Phi) is 7.57. The van der Waals surface area contributed by atoms with Gasteiger partial charge < -0.3 is 15.0 Å². The summed E-state index contributed by atoms with van der Waals surface area (Å²) in [5, 5.41) is 12.2. The summed E-state index contributed by atoms with van der Waals surface area (Å²) in [5.41, 5.74) is 0. The number of rotatable bonds is 10. The molecule has 0 aliphatic carbocycles. The first kappa shape index (κ1) is 18.0. The first-order valence-electron chi connectivity index (χ1n) is 7.54. The molecule has 1 N–H and O–H groups in total. The van der Waals surface area contributed by atoms with Gasteiger partial charge >= 0.3 is 0 Å². The second-order valence-electron chi connectivity index (χ2n) is 5.05. The largest absolute Gasteiger partial charge is 0.376 e. The van der Waals surface area contributed by atoms with E-state index in [0.717, 1.165) is 35.5 Å². The van der Waals surface area contributed by atoms with Crippen LogP contribution in [0.4, 0.5) is 5.13 Å². The van der Waals surface area contributed by atoms with Crippen LogP contribution in [0.1, 0.15) is 12.8 Å². The molecule has 0 bridgehead atoms. The quantitative estimate of drug-likeness (QED) is 0.514. The molecule has 0 spiro atoms. The summed E-state index contributed by atoms with van der Waals surface area (Å²) >= 11 is 2.86. The van der Waals surface area contributed by atoms with Crippen LogP contribution in [0.15, 0.2) is 29.6 Å². The third-order valence-electron chi connectivity index (χ3n) is 3.28. The van der Waals surface area contributed by atoms with E-state index in [1.165, 1.54) is 23.1 Å². The highest BCUT2D eigenvalue weighted by atomic mass is 32.2. The number of carbonyl (C=O) groups excluding carboxylic acids is 1. The van der Waals surface area contributed by atoms with E-state index >= 15 is 0 Å². The predicted octanol–water partition coefficient (Wildman–Crippen LogP) is 2.42. The summed E-state index contributed by atoms with van der Waals surface area (Å²) in [4.78, 5) is 13.8. The molecular weight excluding hydrogens is 332 g/mol. The fourth-order valence-corrected chi connectivity index (χ4v) is 3.81. The van der Waals surface area contributed by atoms with Crippen LogP contribution in [-0.4, -0.2) is 59.1 Å². The smallest absolute Gasteiger partial charge is 0.233 e. The molecule has 0 aromatic carbocycles. The van der Waals surface area contributed by atoms with Gasteiger partial charge in [-0.2, -0.15) is 0 Å². The fraction of sp³-hybridized carbons (Fsp3) is 0.533. The molecule has 8 heteroatoms. The van der Waals surface area contributed by atoms with Crippen molar-refractivity contribution in [2.75, 3.05) is 37.3 Å². The van der Waals surface area contributed by atoms with Crippen LogP contribution in [0, 0.1) is 0 Å². The Morgan fingerprint density at radius 2 is 2.22 bits per heavy atom. The Labute approximate surface area is 145 Å². The standard InChI is InChI=1S/C15H22N4O2S2/c1-3-7-19(8-4-2)13(20)11-22-15-18-17-14(23-15)16-10-12-6-5-9-21-12/h3-4,12H,1-2,5-11H2,(H,16,17). The molecule has 1 aliphatic rings. The Morgan fingerprint density at radius 1 is 1.43 bits per heavy atom. The number of amides is 1. The zero-order valence-electron chi connectivity index (χ0n) is 13.1. The van der Waals surface area contributed by atoms with Crippen LogP contribution in [0.25, 0.3) is 0 Å². The minimum atomic E-state index is 0.0406. The molecule has 2 heterocycles. The number of hydrogen-bond acceptors (Lipinski definition) is 7. The van der Waals surface area contributed by atoms with Gasteiger partial charge in [-0.15, -0.1) is 23.4 Å². The van der Waals surface area contributed by atoms with E-state index in [1.54, 1.807) is 17.1 Å². The maximum absolute atomic E-state index is 12.1. The second kappa shape index (κ2) is 9.69. The van der Waals surface area contributed by atoms with Gasteiger partial charge in [0.25, 0.3) is 0 Å². The van der Waals surface area contributed by atoms with Crippen LogP contribution >= 0.6 is 23.1 Å². The molecular formula is C15H22N4O2S2. The molecule has 6 nitrogen and oxygen atoms in total. The molecule has 0 radical (unpaired) electrons. The van der Waals surface area contributed by atoms with Gasteiger partial charge in [0.15, 0.2) is 4.34 Å². The number of aromatic nitrogens is 2. The van der Waals surface area contributed by atoms with Crippen molar-refractivity contribution in [2.24, 2.45) is 0 Å². The van der Waals surface area contributed by atoms with E-state index in [-0.39, 0.29) is 12.0 Å². The van der Waals surface area contributed by atoms with Gasteiger partial charge in [0.2, 0.25) is 11.0 Å². The summed E-state index contributed by atoms with van der Waals surface area (Å²) in [5.74, 6) is 0.376. The first-order valence-corrected chi connectivity index (χ1v) is 9.34. The zero-order valence-corrected chi connectivity index (χ0v) is 14.7. The minimum absolute atomic E-state index is 0.0406. The molecule has 1 atom stereocenters. The van der Waals surface area contributed by atoms with Gasteiger partial charge in [-0.1, -0.05) is 35.3 Å². The Hall–Kier alpha value is -1.38. The molecule has 1 amide bonds. The molecule has 23 heavy (non-hydrogen) atoms. The molecule has 1 aromatic heterocycles. The van der Waals surface area contributed by atoms with Crippen LogP contribution in [0.3, 0.4) is 0 Å². The molecule has 0 saturated carbocycles. The number of thioether (sulfide) groups is 1. The van der Waals surface area contributed by atoms with Crippen LogP contribution < -0.4 is 5.32 Å². The number of nitrogens with one attached hydrogen (secondary N) is 1.